The second-order valence-electron chi connectivity index (χ2n) is 4.73. The lowest BCUT2D eigenvalue weighted by Crippen LogP contribution is -2.21. The maximum atomic E-state index is 11.8. The van der Waals surface area contributed by atoms with Crippen molar-refractivity contribution in [3.05, 3.63) is 33.4 Å². The van der Waals surface area contributed by atoms with Crippen molar-refractivity contribution in [3.63, 3.8) is 0 Å². The normalized spacial score (nSPS) is 17.2. The van der Waals surface area contributed by atoms with E-state index in [0.717, 1.165) is 34.8 Å². The highest BCUT2D eigenvalue weighted by Gasteiger charge is 2.22. The van der Waals surface area contributed by atoms with Crippen molar-refractivity contribution in [3.8, 4) is 0 Å². The van der Waals surface area contributed by atoms with Crippen LogP contribution in [0.5, 0.6) is 0 Å². The molecule has 0 bridgehead atoms. The minimum Gasteiger partial charge on any atom is -0.380 e. The van der Waals surface area contributed by atoms with Gasteiger partial charge < -0.3 is 10.6 Å². The lowest BCUT2D eigenvalue weighted by Gasteiger charge is -2.18. The highest BCUT2D eigenvalue weighted by Crippen LogP contribution is 2.24. The van der Waals surface area contributed by atoms with Gasteiger partial charge >= 0.3 is 5.97 Å². The van der Waals surface area contributed by atoms with Gasteiger partial charge in [0.15, 0.2) is 5.84 Å². The van der Waals surface area contributed by atoms with Gasteiger partial charge in [0.05, 0.1) is 5.92 Å². The number of rotatable bonds is 3. The molecule has 2 rings (SSSR count). The lowest BCUT2D eigenvalue weighted by molar-refractivity contribution is -0.149. The van der Waals surface area contributed by atoms with E-state index in [2.05, 4.69) is 27.7 Å². The quantitative estimate of drug-likeness (QED) is 0.292. The summed E-state index contributed by atoms with van der Waals surface area (Å²) in [5.41, 5.74) is 6.55. The van der Waals surface area contributed by atoms with Crippen LogP contribution < -0.4 is 5.73 Å². The Morgan fingerprint density at radius 3 is 2.47 bits per heavy atom. The number of hydrogen-bond acceptors (Lipinski definition) is 3. The Hall–Kier alpha value is -1.11. The summed E-state index contributed by atoms with van der Waals surface area (Å²) in [6.45, 7) is 0. The van der Waals surface area contributed by atoms with E-state index >= 15 is 0 Å². The van der Waals surface area contributed by atoms with Crippen LogP contribution in [0.2, 0.25) is 0 Å². The largest absolute Gasteiger partial charge is 0.380 e. The second-order valence-corrected chi connectivity index (χ2v) is 5.97. The highest BCUT2D eigenvalue weighted by molar-refractivity contribution is 14.1. The first-order valence-electron chi connectivity index (χ1n) is 6.47. The molecule has 1 aromatic rings. The summed E-state index contributed by atoms with van der Waals surface area (Å²) in [6, 6.07) is 7.58. The molecule has 0 radical (unpaired) electrons. The molecule has 0 saturated heterocycles. The average molecular weight is 372 g/mol. The van der Waals surface area contributed by atoms with Gasteiger partial charge in [-0.05, 0) is 47.6 Å². The number of benzene rings is 1. The Labute approximate surface area is 126 Å². The van der Waals surface area contributed by atoms with Crippen LogP contribution in [0.3, 0.4) is 0 Å². The third-order valence-electron chi connectivity index (χ3n) is 3.31. The Bertz CT molecular complexity index is 465. The Morgan fingerprint density at radius 2 is 1.84 bits per heavy atom. The topological polar surface area (TPSA) is 64.7 Å². The van der Waals surface area contributed by atoms with Crippen molar-refractivity contribution in [1.29, 1.82) is 0 Å². The molecule has 0 spiro atoms. The first-order chi connectivity index (χ1) is 9.16. The number of carbonyl (C=O) groups excluding carboxylic acids is 1. The van der Waals surface area contributed by atoms with Gasteiger partial charge in [0.2, 0.25) is 0 Å². The fraction of sp³-hybridized carbons (Fsp3) is 0.429. The zero-order valence-corrected chi connectivity index (χ0v) is 12.8. The van der Waals surface area contributed by atoms with Crippen molar-refractivity contribution in [1.82, 2.24) is 0 Å². The van der Waals surface area contributed by atoms with Crippen LogP contribution in [-0.4, -0.2) is 11.8 Å². The maximum absolute atomic E-state index is 11.8. The van der Waals surface area contributed by atoms with E-state index in [4.69, 9.17) is 10.6 Å². The van der Waals surface area contributed by atoms with Gasteiger partial charge in [-0.3, -0.25) is 0 Å². The highest BCUT2D eigenvalue weighted by atomic mass is 127. The fourth-order valence-corrected chi connectivity index (χ4v) is 2.54. The van der Waals surface area contributed by atoms with E-state index in [9.17, 15) is 4.79 Å². The smallest absolute Gasteiger partial charge is 0.338 e. The monoisotopic (exact) mass is 372 g/mol. The van der Waals surface area contributed by atoms with E-state index < -0.39 is 0 Å². The zero-order chi connectivity index (χ0) is 13.7. The molecule has 0 aliphatic heterocycles. The van der Waals surface area contributed by atoms with Crippen molar-refractivity contribution < 1.29 is 9.63 Å². The summed E-state index contributed by atoms with van der Waals surface area (Å²) in [5, 5.41) is 3.74. The van der Waals surface area contributed by atoms with Gasteiger partial charge in [-0.1, -0.05) is 36.6 Å². The van der Waals surface area contributed by atoms with Gasteiger partial charge in [0.1, 0.15) is 0 Å². The number of carbonyl (C=O) groups is 1. The molecule has 1 aliphatic carbocycles. The van der Waals surface area contributed by atoms with E-state index in [1.54, 1.807) is 0 Å². The molecular weight excluding hydrogens is 355 g/mol. The molecule has 0 heterocycles. The maximum Gasteiger partial charge on any atom is 0.338 e. The molecule has 1 fully saturated rings. The average Bonchev–Trinajstić information content (AvgIpc) is 2.46. The minimum atomic E-state index is -0.256. The molecule has 2 N–H and O–H groups in total. The van der Waals surface area contributed by atoms with E-state index in [-0.39, 0.29) is 17.7 Å². The lowest BCUT2D eigenvalue weighted by atomic mass is 9.89. The third-order valence-corrected chi connectivity index (χ3v) is 4.03. The van der Waals surface area contributed by atoms with Crippen molar-refractivity contribution in [2.24, 2.45) is 16.8 Å². The molecule has 0 aromatic heterocycles. The Morgan fingerprint density at radius 1 is 1.21 bits per heavy atom. The van der Waals surface area contributed by atoms with Crippen molar-refractivity contribution >= 4 is 34.4 Å². The molecule has 0 amide bonds. The van der Waals surface area contributed by atoms with E-state index in [1.807, 2.05) is 24.3 Å². The van der Waals surface area contributed by atoms with Crippen LogP contribution in [0.4, 0.5) is 0 Å². The van der Waals surface area contributed by atoms with Gasteiger partial charge in [0.25, 0.3) is 0 Å². The van der Waals surface area contributed by atoms with Crippen LogP contribution >= 0.6 is 22.6 Å². The van der Waals surface area contributed by atoms with Crippen LogP contribution in [0.1, 0.15) is 37.7 Å². The molecule has 102 valence electrons. The molecule has 4 nitrogen and oxygen atoms in total. The molecule has 19 heavy (non-hydrogen) atoms. The van der Waals surface area contributed by atoms with Crippen LogP contribution in [0.15, 0.2) is 29.4 Å². The Balaban J connectivity index is 1.93. The van der Waals surface area contributed by atoms with Gasteiger partial charge in [-0.25, -0.2) is 4.79 Å². The van der Waals surface area contributed by atoms with Crippen molar-refractivity contribution in [2.75, 3.05) is 0 Å². The number of amidine groups is 1. The Kier molecular flexibility index (Phi) is 5.18. The SMILES string of the molecule is NC(=NOC(=O)C1CCCCC1)c1ccc(I)cc1. The fourth-order valence-electron chi connectivity index (χ4n) is 2.18. The molecule has 1 aromatic carbocycles. The summed E-state index contributed by atoms with van der Waals surface area (Å²) in [4.78, 5) is 16.8. The van der Waals surface area contributed by atoms with Crippen LogP contribution in [-0.2, 0) is 9.63 Å². The van der Waals surface area contributed by atoms with E-state index in [1.165, 1.54) is 6.42 Å². The predicted octanol–water partition coefficient (Wildman–Crippen LogP) is 3.04. The zero-order valence-electron chi connectivity index (χ0n) is 10.6. The van der Waals surface area contributed by atoms with E-state index in [0.29, 0.717) is 0 Å². The van der Waals surface area contributed by atoms with Gasteiger partial charge in [-0.2, -0.15) is 0 Å². The molecular formula is C14H17IN2O2. The summed E-state index contributed by atoms with van der Waals surface area (Å²) in [5.74, 6) is -0.0317. The minimum absolute atomic E-state index is 0.0120. The number of halogens is 1. The molecule has 0 atom stereocenters. The summed E-state index contributed by atoms with van der Waals surface area (Å²) < 4.78 is 1.12. The summed E-state index contributed by atoms with van der Waals surface area (Å²) >= 11 is 2.22. The predicted molar refractivity (Wildman–Crippen MR) is 82.6 cm³/mol. The summed E-state index contributed by atoms with van der Waals surface area (Å²) in [6.07, 6.45) is 5.19. The number of nitrogens with zero attached hydrogens (tertiary/aromatic N) is 1. The van der Waals surface area contributed by atoms with Crippen LogP contribution in [0, 0.1) is 9.49 Å². The number of nitrogens with two attached hydrogens (primary N) is 1. The van der Waals surface area contributed by atoms with Gasteiger partial charge in [-0.15, -0.1) is 0 Å². The first-order valence-corrected chi connectivity index (χ1v) is 7.55. The standard InChI is InChI=1S/C14H17IN2O2/c15-12-8-6-10(7-9-12)13(16)17-19-14(18)11-4-2-1-3-5-11/h6-9,11H,1-5H2,(H2,16,17). The van der Waals surface area contributed by atoms with Crippen LogP contribution in [0.25, 0.3) is 0 Å². The van der Waals surface area contributed by atoms with Crippen molar-refractivity contribution in [2.45, 2.75) is 32.1 Å². The molecule has 1 saturated carbocycles. The van der Waals surface area contributed by atoms with Gasteiger partial charge in [0, 0.05) is 9.13 Å². The molecule has 0 unspecified atom stereocenters. The molecule has 5 heteroatoms. The third kappa shape index (κ3) is 4.19. The second kappa shape index (κ2) is 6.88. The first kappa shape index (κ1) is 14.3. The number of hydrogen-bond donors (Lipinski definition) is 1. The summed E-state index contributed by atoms with van der Waals surface area (Å²) in [7, 11) is 0. The molecule has 1 aliphatic rings. The number of oxime groups is 1.